The van der Waals surface area contributed by atoms with E-state index < -0.39 is 0 Å². The van der Waals surface area contributed by atoms with Crippen LogP contribution in [0, 0.1) is 0 Å². The number of aryl methyl sites for hydroxylation is 1. The Bertz CT molecular complexity index is 930. The van der Waals surface area contributed by atoms with E-state index in [1.165, 1.54) is 18.4 Å². The van der Waals surface area contributed by atoms with E-state index in [0.717, 1.165) is 11.3 Å². The number of imidazole rings is 1. The number of hydrogen-bond donors (Lipinski definition) is 0. The summed E-state index contributed by atoms with van der Waals surface area (Å²) >= 11 is 0. The van der Waals surface area contributed by atoms with Gasteiger partial charge in [0.2, 0.25) is 0 Å². The van der Waals surface area contributed by atoms with Crippen molar-refractivity contribution in [3.05, 3.63) is 53.7 Å². The van der Waals surface area contributed by atoms with Crippen LogP contribution in [0.5, 0.6) is 0 Å². The first kappa shape index (κ1) is 15.6. The second-order valence-corrected chi connectivity index (χ2v) is 6.25. The molecule has 1 saturated carbocycles. The highest BCUT2D eigenvalue weighted by atomic mass is 16.5. The fourth-order valence-electron chi connectivity index (χ4n) is 3.00. The molecule has 3 aromatic rings. The van der Waals surface area contributed by atoms with E-state index in [9.17, 15) is 4.79 Å². The maximum atomic E-state index is 12.6. The van der Waals surface area contributed by atoms with E-state index in [1.54, 1.807) is 6.92 Å². The molecule has 0 saturated heterocycles. The average molecular weight is 336 g/mol. The zero-order valence-electron chi connectivity index (χ0n) is 14.3. The lowest BCUT2D eigenvalue weighted by molar-refractivity contribution is -0.136. The highest BCUT2D eigenvalue weighted by Crippen LogP contribution is 2.42. The first-order chi connectivity index (χ1) is 12.2. The van der Waals surface area contributed by atoms with Gasteiger partial charge < -0.3 is 9.14 Å². The monoisotopic (exact) mass is 336 g/mol. The molecule has 1 fully saturated rings. The van der Waals surface area contributed by atoms with E-state index in [-0.39, 0.29) is 5.97 Å². The van der Waals surface area contributed by atoms with Crippen molar-refractivity contribution in [3.8, 4) is 0 Å². The van der Waals surface area contributed by atoms with Crippen molar-refractivity contribution >= 4 is 23.3 Å². The molecule has 0 spiro atoms. The standard InChI is InChI=1S/C19H20N4O2/c1-3-25-19(24)14(16-12-23-9-5-4-6-18(23)21-16)10-17-15(13-7-8-13)11-20-22(17)2/h4-6,9-13H,3,7-8H2,1-2H3/b14-10-. The minimum atomic E-state index is -0.367. The number of rotatable bonds is 5. The third kappa shape index (κ3) is 2.95. The van der Waals surface area contributed by atoms with Crippen molar-refractivity contribution in [1.29, 1.82) is 0 Å². The van der Waals surface area contributed by atoms with E-state index in [4.69, 9.17) is 4.74 Å². The topological polar surface area (TPSA) is 61.4 Å². The van der Waals surface area contributed by atoms with Crippen LogP contribution in [0.1, 0.15) is 42.6 Å². The van der Waals surface area contributed by atoms with Gasteiger partial charge in [0.1, 0.15) is 5.65 Å². The van der Waals surface area contributed by atoms with Gasteiger partial charge in [0.05, 0.1) is 29.8 Å². The van der Waals surface area contributed by atoms with Crippen LogP contribution < -0.4 is 0 Å². The van der Waals surface area contributed by atoms with E-state index in [1.807, 2.05) is 59.0 Å². The number of carbonyl (C=O) groups is 1. The first-order valence-corrected chi connectivity index (χ1v) is 8.52. The maximum Gasteiger partial charge on any atom is 0.340 e. The van der Waals surface area contributed by atoms with Crippen molar-refractivity contribution in [1.82, 2.24) is 19.2 Å². The van der Waals surface area contributed by atoms with Crippen LogP contribution in [-0.2, 0) is 16.6 Å². The van der Waals surface area contributed by atoms with Crippen LogP contribution in [0.2, 0.25) is 0 Å². The molecule has 0 aliphatic heterocycles. The third-order valence-corrected chi connectivity index (χ3v) is 4.45. The Morgan fingerprint density at radius 1 is 1.40 bits per heavy atom. The summed E-state index contributed by atoms with van der Waals surface area (Å²) in [4.78, 5) is 17.2. The Kier molecular flexibility index (Phi) is 3.87. The van der Waals surface area contributed by atoms with Gasteiger partial charge in [-0.25, -0.2) is 9.78 Å². The van der Waals surface area contributed by atoms with Crippen LogP contribution in [0.25, 0.3) is 17.3 Å². The third-order valence-electron chi connectivity index (χ3n) is 4.45. The number of ether oxygens (including phenoxy) is 1. The van der Waals surface area contributed by atoms with Gasteiger partial charge in [-0.1, -0.05) is 6.07 Å². The van der Waals surface area contributed by atoms with Crippen LogP contribution >= 0.6 is 0 Å². The number of esters is 1. The molecule has 3 aromatic heterocycles. The average Bonchev–Trinajstić information content (AvgIpc) is 3.25. The van der Waals surface area contributed by atoms with Gasteiger partial charge in [0.25, 0.3) is 0 Å². The fraction of sp³-hybridized carbons (Fsp3) is 0.316. The highest BCUT2D eigenvalue weighted by Gasteiger charge is 2.28. The summed E-state index contributed by atoms with van der Waals surface area (Å²) in [6.07, 6.45) is 9.88. The quantitative estimate of drug-likeness (QED) is 0.531. The van der Waals surface area contributed by atoms with Crippen molar-refractivity contribution in [2.24, 2.45) is 7.05 Å². The number of aromatic nitrogens is 4. The number of pyridine rings is 1. The Balaban J connectivity index is 1.83. The minimum Gasteiger partial charge on any atom is -0.462 e. The number of carbonyl (C=O) groups excluding carboxylic acids is 1. The molecule has 1 aliphatic carbocycles. The summed E-state index contributed by atoms with van der Waals surface area (Å²) in [6, 6.07) is 5.76. The fourth-order valence-corrected chi connectivity index (χ4v) is 3.00. The Morgan fingerprint density at radius 2 is 2.24 bits per heavy atom. The smallest absolute Gasteiger partial charge is 0.340 e. The van der Waals surface area contributed by atoms with Gasteiger partial charge in [-0.3, -0.25) is 4.68 Å². The normalized spacial score (nSPS) is 14.9. The highest BCUT2D eigenvalue weighted by molar-refractivity contribution is 6.21. The van der Waals surface area contributed by atoms with E-state index >= 15 is 0 Å². The molecule has 0 N–H and O–H groups in total. The molecule has 6 nitrogen and oxygen atoms in total. The molecule has 0 radical (unpaired) electrons. The van der Waals surface area contributed by atoms with Crippen molar-refractivity contribution in [2.75, 3.05) is 6.61 Å². The predicted molar refractivity (Wildman–Crippen MR) is 94.9 cm³/mol. The zero-order valence-corrected chi connectivity index (χ0v) is 14.3. The van der Waals surface area contributed by atoms with Gasteiger partial charge in [-0.15, -0.1) is 0 Å². The lowest BCUT2D eigenvalue weighted by atomic mass is 10.1. The van der Waals surface area contributed by atoms with Gasteiger partial charge >= 0.3 is 5.97 Å². The van der Waals surface area contributed by atoms with Crippen LogP contribution in [0.15, 0.2) is 36.8 Å². The molecule has 25 heavy (non-hydrogen) atoms. The second kappa shape index (κ2) is 6.20. The maximum absolute atomic E-state index is 12.6. The molecule has 0 aromatic carbocycles. The minimum absolute atomic E-state index is 0.324. The van der Waals surface area contributed by atoms with Gasteiger partial charge in [-0.05, 0) is 43.9 Å². The summed E-state index contributed by atoms with van der Waals surface area (Å²) in [5.74, 6) is 0.179. The summed E-state index contributed by atoms with van der Waals surface area (Å²) < 4.78 is 8.98. The number of hydrogen-bond acceptors (Lipinski definition) is 4. The van der Waals surface area contributed by atoms with Crippen LogP contribution in [0.4, 0.5) is 0 Å². The molecule has 0 atom stereocenters. The van der Waals surface area contributed by atoms with Crippen LogP contribution in [-0.4, -0.2) is 31.7 Å². The Labute approximate surface area is 145 Å². The van der Waals surface area contributed by atoms with Crippen LogP contribution in [0.3, 0.4) is 0 Å². The predicted octanol–water partition coefficient (Wildman–Crippen LogP) is 3.05. The second-order valence-electron chi connectivity index (χ2n) is 6.25. The molecular formula is C19H20N4O2. The van der Waals surface area contributed by atoms with E-state index in [2.05, 4.69) is 10.1 Å². The zero-order chi connectivity index (χ0) is 17.4. The molecule has 3 heterocycles. The summed E-state index contributed by atoms with van der Waals surface area (Å²) in [5.41, 5.74) is 3.99. The van der Waals surface area contributed by atoms with Gasteiger partial charge in [0, 0.05) is 25.0 Å². The van der Waals surface area contributed by atoms with Crippen molar-refractivity contribution < 1.29 is 9.53 Å². The molecule has 0 unspecified atom stereocenters. The van der Waals surface area contributed by atoms with E-state index in [0.29, 0.717) is 23.8 Å². The lowest BCUT2D eigenvalue weighted by Gasteiger charge is -2.06. The molecule has 128 valence electrons. The molecule has 1 aliphatic rings. The summed E-state index contributed by atoms with van der Waals surface area (Å²) in [5, 5.41) is 4.37. The van der Waals surface area contributed by atoms with Gasteiger partial charge in [0.15, 0.2) is 0 Å². The molecular weight excluding hydrogens is 316 g/mol. The number of nitrogens with zero attached hydrogens (tertiary/aromatic N) is 4. The molecule has 6 heteroatoms. The lowest BCUT2D eigenvalue weighted by Crippen LogP contribution is -2.08. The number of fused-ring (bicyclic) bond motifs is 1. The largest absolute Gasteiger partial charge is 0.462 e. The van der Waals surface area contributed by atoms with Gasteiger partial charge in [-0.2, -0.15) is 5.10 Å². The molecule has 0 bridgehead atoms. The summed E-state index contributed by atoms with van der Waals surface area (Å²) in [6.45, 7) is 2.13. The molecule has 4 rings (SSSR count). The van der Waals surface area contributed by atoms with Crippen molar-refractivity contribution in [2.45, 2.75) is 25.7 Å². The Hall–Kier alpha value is -2.89. The van der Waals surface area contributed by atoms with Crippen molar-refractivity contribution in [3.63, 3.8) is 0 Å². The first-order valence-electron chi connectivity index (χ1n) is 8.52. The molecule has 0 amide bonds. The summed E-state index contributed by atoms with van der Waals surface area (Å²) in [7, 11) is 1.89. The SMILES string of the molecule is CCOC(=O)/C(=C\c1c(C2CC2)cnn1C)c1cn2ccccc2n1. The Morgan fingerprint density at radius 3 is 2.96 bits per heavy atom.